The Labute approximate surface area is 136 Å². The van der Waals surface area contributed by atoms with Crippen LogP contribution < -0.4 is 5.32 Å². The van der Waals surface area contributed by atoms with Gasteiger partial charge in [0.25, 0.3) is 5.91 Å². The molecule has 122 valence electrons. The van der Waals surface area contributed by atoms with E-state index >= 15 is 0 Å². The second kappa shape index (κ2) is 7.37. The molecule has 6 nitrogen and oxygen atoms in total. The van der Waals surface area contributed by atoms with Crippen molar-refractivity contribution in [3.8, 4) is 5.69 Å². The van der Waals surface area contributed by atoms with Gasteiger partial charge in [-0.15, -0.1) is 0 Å². The molecule has 0 aliphatic carbocycles. The molecule has 0 saturated carbocycles. The van der Waals surface area contributed by atoms with Crippen molar-refractivity contribution in [3.05, 3.63) is 42.5 Å². The average Bonchev–Trinajstić information content (AvgIpc) is 3.10. The first-order valence-electron chi connectivity index (χ1n) is 8.20. The lowest BCUT2D eigenvalue weighted by Crippen LogP contribution is -2.43. The number of carbonyl (C=O) groups excluding carboxylic acids is 1. The summed E-state index contributed by atoms with van der Waals surface area (Å²) in [4.78, 5) is 18.8. The van der Waals surface area contributed by atoms with E-state index in [9.17, 15) is 4.79 Å². The van der Waals surface area contributed by atoms with Gasteiger partial charge in [0.2, 0.25) is 0 Å². The fourth-order valence-electron chi connectivity index (χ4n) is 3.01. The molecular formula is C17H23N5O. The number of hydrogen-bond acceptors (Lipinski definition) is 4. The zero-order valence-electron chi connectivity index (χ0n) is 13.5. The summed E-state index contributed by atoms with van der Waals surface area (Å²) in [6, 6.07) is 7.56. The highest BCUT2D eigenvalue weighted by Crippen LogP contribution is 2.11. The third kappa shape index (κ3) is 4.16. The number of rotatable bonds is 5. The first kappa shape index (κ1) is 15.7. The van der Waals surface area contributed by atoms with Gasteiger partial charge in [-0.05, 0) is 51.1 Å². The lowest BCUT2D eigenvalue weighted by molar-refractivity contribution is 0.0925. The van der Waals surface area contributed by atoms with Gasteiger partial charge < -0.3 is 10.2 Å². The average molecular weight is 313 g/mol. The topological polar surface area (TPSA) is 63.1 Å². The molecule has 0 unspecified atom stereocenters. The van der Waals surface area contributed by atoms with Crippen LogP contribution >= 0.6 is 0 Å². The van der Waals surface area contributed by atoms with E-state index in [0.29, 0.717) is 5.56 Å². The number of aromatic nitrogens is 3. The molecule has 1 N–H and O–H groups in total. The normalized spacial score (nSPS) is 16.9. The van der Waals surface area contributed by atoms with Crippen LogP contribution in [0.1, 0.15) is 36.5 Å². The molecule has 1 aliphatic heterocycles. The Bertz CT molecular complexity index is 634. The van der Waals surface area contributed by atoms with Crippen LogP contribution in [0.4, 0.5) is 0 Å². The van der Waals surface area contributed by atoms with Gasteiger partial charge in [-0.25, -0.2) is 9.67 Å². The lowest BCUT2D eigenvalue weighted by atomic mass is 10.1. The van der Waals surface area contributed by atoms with Crippen molar-refractivity contribution in [3.63, 3.8) is 0 Å². The fraction of sp³-hybridized carbons (Fsp3) is 0.471. The van der Waals surface area contributed by atoms with Crippen molar-refractivity contribution in [2.24, 2.45) is 0 Å². The molecule has 0 radical (unpaired) electrons. The smallest absolute Gasteiger partial charge is 0.251 e. The van der Waals surface area contributed by atoms with E-state index in [0.717, 1.165) is 25.3 Å². The number of hydrogen-bond donors (Lipinski definition) is 1. The predicted octanol–water partition coefficient (Wildman–Crippen LogP) is 1.87. The van der Waals surface area contributed by atoms with Crippen LogP contribution in [-0.4, -0.2) is 51.2 Å². The Kier molecular flexibility index (Phi) is 5.02. The molecule has 2 heterocycles. The monoisotopic (exact) mass is 313 g/mol. The van der Waals surface area contributed by atoms with Gasteiger partial charge in [0.05, 0.1) is 5.69 Å². The number of carbonyl (C=O) groups is 1. The van der Waals surface area contributed by atoms with Gasteiger partial charge in [-0.1, -0.05) is 12.5 Å². The number of likely N-dealkylation sites (tertiary alicyclic amines) is 1. The van der Waals surface area contributed by atoms with Gasteiger partial charge in [0.1, 0.15) is 12.7 Å². The molecule has 0 bridgehead atoms. The van der Waals surface area contributed by atoms with Crippen molar-refractivity contribution in [1.29, 1.82) is 0 Å². The molecule has 1 amide bonds. The molecule has 3 rings (SSSR count). The second-order valence-electron chi connectivity index (χ2n) is 6.13. The number of benzene rings is 1. The Hall–Kier alpha value is -2.21. The second-order valence-corrected chi connectivity index (χ2v) is 6.13. The molecule has 2 aromatic rings. The Morgan fingerprint density at radius 1 is 1.30 bits per heavy atom. The summed E-state index contributed by atoms with van der Waals surface area (Å²) in [6.45, 7) is 5.26. The zero-order chi connectivity index (χ0) is 16.1. The van der Waals surface area contributed by atoms with Crippen LogP contribution in [0.25, 0.3) is 5.69 Å². The molecule has 0 spiro atoms. The Morgan fingerprint density at radius 3 is 2.87 bits per heavy atom. The highest BCUT2D eigenvalue weighted by atomic mass is 16.1. The summed E-state index contributed by atoms with van der Waals surface area (Å²) in [7, 11) is 0. The first-order valence-corrected chi connectivity index (χ1v) is 8.20. The summed E-state index contributed by atoms with van der Waals surface area (Å²) in [5.41, 5.74) is 1.47. The molecule has 23 heavy (non-hydrogen) atoms. The largest absolute Gasteiger partial charge is 0.348 e. The SMILES string of the molecule is C[C@@H](CN1CCCCC1)NC(=O)c1cccc(-n2cncn2)c1. The maximum Gasteiger partial charge on any atom is 0.251 e. The van der Waals surface area contributed by atoms with Crippen LogP contribution in [0.2, 0.25) is 0 Å². The van der Waals surface area contributed by atoms with Crippen molar-refractivity contribution in [1.82, 2.24) is 25.0 Å². The van der Waals surface area contributed by atoms with Crippen molar-refractivity contribution in [2.75, 3.05) is 19.6 Å². The van der Waals surface area contributed by atoms with Gasteiger partial charge >= 0.3 is 0 Å². The van der Waals surface area contributed by atoms with E-state index in [2.05, 4.69) is 27.2 Å². The third-order valence-electron chi connectivity index (χ3n) is 4.15. The minimum absolute atomic E-state index is 0.0449. The summed E-state index contributed by atoms with van der Waals surface area (Å²) in [5, 5.41) is 7.18. The van der Waals surface area contributed by atoms with Gasteiger partial charge in [-0.2, -0.15) is 5.10 Å². The van der Waals surface area contributed by atoms with Crippen LogP contribution in [0, 0.1) is 0 Å². The Balaban J connectivity index is 1.60. The van der Waals surface area contributed by atoms with Gasteiger partial charge in [-0.3, -0.25) is 4.79 Å². The highest BCUT2D eigenvalue weighted by molar-refractivity contribution is 5.94. The summed E-state index contributed by atoms with van der Waals surface area (Å²) < 4.78 is 1.65. The Morgan fingerprint density at radius 2 is 2.13 bits per heavy atom. The van der Waals surface area contributed by atoms with Crippen LogP contribution in [0.3, 0.4) is 0 Å². The maximum atomic E-state index is 12.4. The summed E-state index contributed by atoms with van der Waals surface area (Å²) >= 11 is 0. The van der Waals surface area contributed by atoms with E-state index in [1.165, 1.54) is 25.6 Å². The zero-order valence-corrected chi connectivity index (χ0v) is 13.5. The predicted molar refractivity (Wildman–Crippen MR) is 88.6 cm³/mol. The van der Waals surface area contributed by atoms with Crippen LogP contribution in [0.15, 0.2) is 36.9 Å². The highest BCUT2D eigenvalue weighted by Gasteiger charge is 2.16. The lowest BCUT2D eigenvalue weighted by Gasteiger charge is -2.29. The molecule has 1 aromatic heterocycles. The van der Waals surface area contributed by atoms with Gasteiger partial charge in [0.15, 0.2) is 0 Å². The molecule has 6 heteroatoms. The quantitative estimate of drug-likeness (QED) is 0.915. The molecule has 1 aromatic carbocycles. The number of amides is 1. The van der Waals surface area contributed by atoms with E-state index < -0.39 is 0 Å². The van der Waals surface area contributed by atoms with Gasteiger partial charge in [0, 0.05) is 18.2 Å². The van der Waals surface area contributed by atoms with E-state index in [1.807, 2.05) is 24.3 Å². The summed E-state index contributed by atoms with van der Waals surface area (Å²) in [6.07, 6.45) is 6.96. The molecule has 1 saturated heterocycles. The first-order chi connectivity index (χ1) is 11.2. The number of nitrogens with zero attached hydrogens (tertiary/aromatic N) is 4. The number of nitrogens with one attached hydrogen (secondary N) is 1. The molecule has 1 aliphatic rings. The maximum absolute atomic E-state index is 12.4. The molecular weight excluding hydrogens is 290 g/mol. The number of piperidine rings is 1. The minimum atomic E-state index is -0.0449. The molecule has 1 atom stereocenters. The summed E-state index contributed by atoms with van der Waals surface area (Å²) in [5.74, 6) is -0.0449. The van der Waals surface area contributed by atoms with E-state index in [-0.39, 0.29) is 11.9 Å². The van der Waals surface area contributed by atoms with Crippen LogP contribution in [-0.2, 0) is 0 Å². The van der Waals surface area contributed by atoms with E-state index in [1.54, 1.807) is 11.0 Å². The molecule has 1 fully saturated rings. The van der Waals surface area contributed by atoms with Crippen molar-refractivity contribution in [2.45, 2.75) is 32.2 Å². The van der Waals surface area contributed by atoms with Crippen molar-refractivity contribution < 1.29 is 4.79 Å². The van der Waals surface area contributed by atoms with Crippen molar-refractivity contribution >= 4 is 5.91 Å². The van der Waals surface area contributed by atoms with Crippen LogP contribution in [0.5, 0.6) is 0 Å². The van der Waals surface area contributed by atoms with E-state index in [4.69, 9.17) is 0 Å². The third-order valence-corrected chi connectivity index (χ3v) is 4.15. The standard InChI is InChI=1S/C17H23N5O/c1-14(11-21-8-3-2-4-9-21)20-17(23)15-6-5-7-16(10-15)22-13-18-12-19-22/h5-7,10,12-14H,2-4,8-9,11H2,1H3,(H,20,23)/t14-/m0/s1. The fourth-order valence-corrected chi connectivity index (χ4v) is 3.01. The minimum Gasteiger partial charge on any atom is -0.348 e.